The number of benzene rings is 3. The molecule has 11 nitrogen and oxygen atoms in total. The lowest BCUT2D eigenvalue weighted by atomic mass is 10.2. The summed E-state index contributed by atoms with van der Waals surface area (Å²) in [4.78, 5) is 45.1. The summed E-state index contributed by atoms with van der Waals surface area (Å²) in [6, 6.07) is 13.5. The molecule has 0 amide bonds. The van der Waals surface area contributed by atoms with E-state index in [0.717, 1.165) is 24.3 Å². The molecule has 0 aliphatic rings. The molecule has 0 radical (unpaired) electrons. The first kappa shape index (κ1) is 20.9. The maximum Gasteiger partial charge on any atom is 0.350 e. The minimum absolute atomic E-state index is 0.175. The number of nitro groups is 2. The van der Waals surface area contributed by atoms with Gasteiger partial charge in [0.25, 0.3) is 11.4 Å². The average molecular weight is 424 g/mol. The van der Waals surface area contributed by atoms with Gasteiger partial charge in [0.05, 0.1) is 9.85 Å². The minimum Gasteiger partial charge on any atom is -0.504 e. The van der Waals surface area contributed by atoms with Crippen molar-refractivity contribution < 1.29 is 34.0 Å². The Bertz CT molecular complexity index is 1210. The van der Waals surface area contributed by atoms with Crippen LogP contribution in [0.15, 0.2) is 66.7 Å². The van der Waals surface area contributed by atoms with Crippen LogP contribution in [0, 0.1) is 20.2 Å². The second kappa shape index (κ2) is 8.69. The third-order valence-corrected chi connectivity index (χ3v) is 3.98. The molecule has 0 saturated heterocycles. The van der Waals surface area contributed by atoms with Gasteiger partial charge >= 0.3 is 11.9 Å². The number of esters is 2. The maximum atomic E-state index is 12.3. The Hall–Kier alpha value is -4.80. The van der Waals surface area contributed by atoms with Crippen molar-refractivity contribution in [2.75, 3.05) is 0 Å². The van der Waals surface area contributed by atoms with Gasteiger partial charge in [-0.2, -0.15) is 0 Å². The average Bonchev–Trinajstić information content (AvgIpc) is 2.75. The smallest absolute Gasteiger partial charge is 0.350 e. The van der Waals surface area contributed by atoms with Gasteiger partial charge in [0, 0.05) is 18.2 Å². The molecule has 11 heteroatoms. The van der Waals surface area contributed by atoms with Crippen molar-refractivity contribution in [3.63, 3.8) is 0 Å². The van der Waals surface area contributed by atoms with Gasteiger partial charge in [-0.15, -0.1) is 0 Å². The highest BCUT2D eigenvalue weighted by atomic mass is 16.6. The molecule has 0 fully saturated rings. The molecule has 0 aliphatic carbocycles. The molecule has 0 bridgehead atoms. The number of phenols is 1. The van der Waals surface area contributed by atoms with Crippen LogP contribution < -0.4 is 9.47 Å². The molecular weight excluding hydrogens is 412 g/mol. The summed E-state index contributed by atoms with van der Waals surface area (Å²) in [6.45, 7) is 0. The van der Waals surface area contributed by atoms with E-state index >= 15 is 0 Å². The SMILES string of the molecule is O=C(Oc1ccc(OC(=O)c2ccccc2[N+](=O)[O-])c(O)c1)c1ccccc1[N+](=O)[O-]. The Morgan fingerprint density at radius 3 is 1.71 bits per heavy atom. The lowest BCUT2D eigenvalue weighted by molar-refractivity contribution is -0.385. The number of carbonyl (C=O) groups is 2. The topological polar surface area (TPSA) is 159 Å². The molecule has 0 heterocycles. The zero-order valence-corrected chi connectivity index (χ0v) is 15.5. The van der Waals surface area contributed by atoms with Gasteiger partial charge in [0.2, 0.25) is 0 Å². The molecule has 31 heavy (non-hydrogen) atoms. The van der Waals surface area contributed by atoms with Gasteiger partial charge in [0.1, 0.15) is 16.9 Å². The van der Waals surface area contributed by atoms with Crippen LogP contribution >= 0.6 is 0 Å². The second-order valence-corrected chi connectivity index (χ2v) is 5.96. The Balaban J connectivity index is 1.78. The van der Waals surface area contributed by atoms with Crippen LogP contribution in [0.2, 0.25) is 0 Å². The molecular formula is C20H12N2O9. The molecule has 0 unspecified atom stereocenters. The predicted molar refractivity (Wildman–Crippen MR) is 104 cm³/mol. The number of ether oxygens (including phenoxy) is 2. The van der Waals surface area contributed by atoms with Gasteiger partial charge in [-0.25, -0.2) is 9.59 Å². The van der Waals surface area contributed by atoms with Crippen molar-refractivity contribution in [3.8, 4) is 17.2 Å². The summed E-state index contributed by atoms with van der Waals surface area (Å²) in [5.41, 5.74) is -1.54. The van der Waals surface area contributed by atoms with E-state index in [9.17, 15) is 34.9 Å². The highest BCUT2D eigenvalue weighted by molar-refractivity contribution is 5.96. The summed E-state index contributed by atoms with van der Waals surface area (Å²) in [5, 5.41) is 32.1. The number of carbonyl (C=O) groups excluding carboxylic acids is 2. The molecule has 3 rings (SSSR count). The Morgan fingerprint density at radius 2 is 1.23 bits per heavy atom. The van der Waals surface area contributed by atoms with Crippen molar-refractivity contribution in [2.24, 2.45) is 0 Å². The fourth-order valence-electron chi connectivity index (χ4n) is 2.57. The fourth-order valence-corrected chi connectivity index (χ4v) is 2.57. The third-order valence-electron chi connectivity index (χ3n) is 3.98. The van der Waals surface area contributed by atoms with E-state index in [1.165, 1.54) is 42.5 Å². The number of hydrogen-bond acceptors (Lipinski definition) is 9. The molecule has 3 aromatic carbocycles. The summed E-state index contributed by atoms with van der Waals surface area (Å²) in [6.07, 6.45) is 0. The first-order chi connectivity index (χ1) is 14.8. The molecule has 156 valence electrons. The molecule has 0 spiro atoms. The Labute approximate surface area is 173 Å². The van der Waals surface area contributed by atoms with E-state index in [1.54, 1.807) is 0 Å². The van der Waals surface area contributed by atoms with Gasteiger partial charge in [0.15, 0.2) is 11.5 Å². The zero-order chi connectivity index (χ0) is 22.5. The molecule has 0 aliphatic heterocycles. The zero-order valence-electron chi connectivity index (χ0n) is 15.5. The fraction of sp³-hybridized carbons (Fsp3) is 0. The Morgan fingerprint density at radius 1 is 0.742 bits per heavy atom. The van der Waals surface area contributed by atoms with Crippen molar-refractivity contribution in [2.45, 2.75) is 0 Å². The largest absolute Gasteiger partial charge is 0.504 e. The molecule has 1 N–H and O–H groups in total. The van der Waals surface area contributed by atoms with Crippen LogP contribution in [0.5, 0.6) is 17.2 Å². The second-order valence-electron chi connectivity index (χ2n) is 5.96. The van der Waals surface area contributed by atoms with E-state index in [1.807, 2.05) is 0 Å². The van der Waals surface area contributed by atoms with Crippen LogP contribution in [0.4, 0.5) is 11.4 Å². The van der Waals surface area contributed by atoms with Crippen molar-refractivity contribution in [3.05, 3.63) is 98.1 Å². The molecule has 0 atom stereocenters. The summed E-state index contributed by atoms with van der Waals surface area (Å²) < 4.78 is 10.0. The molecule has 0 saturated carbocycles. The monoisotopic (exact) mass is 424 g/mol. The third kappa shape index (κ3) is 4.62. The van der Waals surface area contributed by atoms with Crippen molar-refractivity contribution in [1.29, 1.82) is 0 Å². The predicted octanol–water partition coefficient (Wildman–Crippen LogP) is 3.65. The summed E-state index contributed by atoms with van der Waals surface area (Å²) >= 11 is 0. The highest BCUT2D eigenvalue weighted by Crippen LogP contribution is 2.32. The first-order valence-corrected chi connectivity index (χ1v) is 8.52. The Kier molecular flexibility index (Phi) is 5.87. The van der Waals surface area contributed by atoms with Crippen LogP contribution in [0.25, 0.3) is 0 Å². The van der Waals surface area contributed by atoms with Crippen LogP contribution in [-0.4, -0.2) is 26.9 Å². The highest BCUT2D eigenvalue weighted by Gasteiger charge is 2.23. The number of para-hydroxylation sites is 2. The number of aromatic hydroxyl groups is 1. The lowest BCUT2D eigenvalue weighted by Crippen LogP contribution is -2.12. The van der Waals surface area contributed by atoms with E-state index < -0.39 is 38.9 Å². The minimum atomic E-state index is -1.08. The number of hydrogen-bond donors (Lipinski definition) is 1. The summed E-state index contributed by atoms with van der Waals surface area (Å²) in [5.74, 6) is -3.22. The quantitative estimate of drug-likeness (QED) is 0.270. The molecule has 3 aromatic rings. The normalized spacial score (nSPS) is 10.2. The van der Waals surface area contributed by atoms with E-state index in [0.29, 0.717) is 0 Å². The van der Waals surface area contributed by atoms with Gasteiger partial charge in [-0.3, -0.25) is 20.2 Å². The maximum absolute atomic E-state index is 12.3. The van der Waals surface area contributed by atoms with Gasteiger partial charge < -0.3 is 14.6 Å². The van der Waals surface area contributed by atoms with E-state index in [-0.39, 0.29) is 22.6 Å². The summed E-state index contributed by atoms with van der Waals surface area (Å²) in [7, 11) is 0. The van der Waals surface area contributed by atoms with Crippen molar-refractivity contribution >= 4 is 23.3 Å². The standard InChI is InChI=1S/C20H12N2O9/c23-17-11-12(30-19(24)13-5-1-3-7-15(13)21(26)27)9-10-18(17)31-20(25)14-6-2-4-8-16(14)22(28)29/h1-11,23H. The van der Waals surface area contributed by atoms with Gasteiger partial charge in [-0.05, 0) is 24.3 Å². The number of rotatable bonds is 6. The number of nitro benzene ring substituents is 2. The van der Waals surface area contributed by atoms with E-state index in [2.05, 4.69) is 0 Å². The van der Waals surface area contributed by atoms with Crippen molar-refractivity contribution in [1.82, 2.24) is 0 Å². The van der Waals surface area contributed by atoms with Gasteiger partial charge in [-0.1, -0.05) is 24.3 Å². The van der Waals surface area contributed by atoms with Crippen LogP contribution in [0.1, 0.15) is 20.7 Å². The molecule has 0 aromatic heterocycles. The first-order valence-electron chi connectivity index (χ1n) is 8.52. The van der Waals surface area contributed by atoms with E-state index in [4.69, 9.17) is 9.47 Å². The van der Waals surface area contributed by atoms with Crippen LogP contribution in [-0.2, 0) is 0 Å². The number of nitrogens with zero attached hydrogens (tertiary/aromatic N) is 2. The number of phenolic OH excluding ortho intramolecular Hbond substituents is 1. The lowest BCUT2D eigenvalue weighted by Gasteiger charge is -2.09. The van der Waals surface area contributed by atoms with Crippen LogP contribution in [0.3, 0.4) is 0 Å².